The first kappa shape index (κ1) is 18.5. The smallest absolute Gasteiger partial charge is 0.331 e. The van der Waals surface area contributed by atoms with Crippen LogP contribution in [0.2, 0.25) is 0 Å². The van der Waals surface area contributed by atoms with Crippen molar-refractivity contribution in [3.8, 4) is 0 Å². The maximum atomic E-state index is 12.1. The highest BCUT2D eigenvalue weighted by Crippen LogP contribution is 2.38. The minimum Gasteiger partial charge on any atom is -0.331 e. The Labute approximate surface area is 173 Å². The van der Waals surface area contributed by atoms with Gasteiger partial charge in [-0.1, -0.05) is 5.57 Å². The molecule has 2 aliphatic heterocycles. The summed E-state index contributed by atoms with van der Waals surface area (Å²) in [4.78, 5) is 20.6. The highest BCUT2D eigenvalue weighted by molar-refractivity contribution is 7.11. The fourth-order valence-corrected chi connectivity index (χ4v) is 5.35. The molecule has 0 unspecified atom stereocenters. The fraction of sp³-hybridized carbons (Fsp3) is 0.500. The largest absolute Gasteiger partial charge is 0.363 e. The van der Waals surface area contributed by atoms with Crippen LogP contribution in [0, 0.1) is 0 Å². The van der Waals surface area contributed by atoms with Crippen LogP contribution in [0.5, 0.6) is 0 Å². The van der Waals surface area contributed by atoms with E-state index in [1.807, 2.05) is 24.5 Å². The Morgan fingerprint density at radius 3 is 2.69 bits per heavy atom. The molecule has 1 saturated heterocycles. The maximum Gasteiger partial charge on any atom is 0.363 e. The van der Waals surface area contributed by atoms with Crippen molar-refractivity contribution in [2.24, 2.45) is 0 Å². The summed E-state index contributed by atoms with van der Waals surface area (Å²) >= 11 is 1.84. The average molecular weight is 412 g/mol. The van der Waals surface area contributed by atoms with E-state index in [1.165, 1.54) is 31.0 Å². The van der Waals surface area contributed by atoms with Crippen molar-refractivity contribution < 1.29 is 0 Å². The molecule has 8 nitrogen and oxygen atoms in total. The lowest BCUT2D eigenvalue weighted by Gasteiger charge is -2.29. The van der Waals surface area contributed by atoms with Gasteiger partial charge in [-0.25, -0.2) is 9.78 Å². The lowest BCUT2D eigenvalue weighted by atomic mass is 9.95. The van der Waals surface area contributed by atoms with Gasteiger partial charge in [-0.05, 0) is 53.6 Å². The standard InChI is InChI=1S/C20H25N7OS/c1-2-26-20(28)27(23-22-26)13-12-24-8-3-15(4-9-24)17-18-16(6-14-29-18)5-10-25-11-7-21-19(17)25/h6-7,11,14H,2-5,8-10,12-13H2,1H3. The normalized spacial score (nSPS) is 17.3. The van der Waals surface area contributed by atoms with Crippen molar-refractivity contribution in [2.45, 2.75) is 45.8 Å². The summed E-state index contributed by atoms with van der Waals surface area (Å²) < 4.78 is 5.16. The summed E-state index contributed by atoms with van der Waals surface area (Å²) in [6.45, 7) is 6.86. The van der Waals surface area contributed by atoms with Gasteiger partial charge in [-0.2, -0.15) is 9.36 Å². The van der Waals surface area contributed by atoms with Gasteiger partial charge in [0.25, 0.3) is 0 Å². The van der Waals surface area contributed by atoms with Gasteiger partial charge in [-0.3, -0.25) is 0 Å². The monoisotopic (exact) mass is 411 g/mol. The summed E-state index contributed by atoms with van der Waals surface area (Å²) in [6, 6.07) is 2.27. The second-order valence-electron chi connectivity index (χ2n) is 7.59. The van der Waals surface area contributed by atoms with Crippen molar-refractivity contribution >= 4 is 16.9 Å². The molecule has 152 valence electrons. The van der Waals surface area contributed by atoms with Gasteiger partial charge in [-0.15, -0.1) is 11.3 Å². The number of fused-ring (bicyclic) bond motifs is 2. The summed E-state index contributed by atoms with van der Waals surface area (Å²) in [5, 5.41) is 10.1. The molecule has 0 radical (unpaired) electrons. The van der Waals surface area contributed by atoms with Crippen molar-refractivity contribution in [2.75, 3.05) is 19.6 Å². The highest BCUT2D eigenvalue weighted by Gasteiger charge is 2.26. The van der Waals surface area contributed by atoms with E-state index in [2.05, 4.69) is 37.5 Å². The number of imidazole rings is 1. The number of aromatic nitrogens is 6. The minimum absolute atomic E-state index is 0.122. The molecule has 1 fully saturated rings. The van der Waals surface area contributed by atoms with Crippen molar-refractivity contribution in [3.63, 3.8) is 0 Å². The van der Waals surface area contributed by atoms with Gasteiger partial charge in [0.05, 0.1) is 6.54 Å². The van der Waals surface area contributed by atoms with Crippen LogP contribution in [0.25, 0.3) is 5.57 Å². The van der Waals surface area contributed by atoms with Gasteiger partial charge in [0, 0.05) is 55.6 Å². The number of tetrazole rings is 1. The number of likely N-dealkylation sites (tertiary alicyclic amines) is 1. The molecule has 2 aliphatic rings. The molecule has 0 aromatic carbocycles. The van der Waals surface area contributed by atoms with Crippen LogP contribution in [0.1, 0.15) is 36.0 Å². The van der Waals surface area contributed by atoms with E-state index in [-0.39, 0.29) is 5.69 Å². The van der Waals surface area contributed by atoms with Crippen molar-refractivity contribution in [3.05, 3.63) is 56.2 Å². The zero-order valence-electron chi connectivity index (χ0n) is 16.6. The van der Waals surface area contributed by atoms with E-state index in [0.717, 1.165) is 51.3 Å². The second kappa shape index (κ2) is 7.72. The van der Waals surface area contributed by atoms with Crippen LogP contribution in [-0.2, 0) is 26.1 Å². The molecule has 0 bridgehead atoms. The van der Waals surface area contributed by atoms with E-state index in [0.29, 0.717) is 13.1 Å². The summed E-state index contributed by atoms with van der Waals surface area (Å²) in [7, 11) is 0. The van der Waals surface area contributed by atoms with Gasteiger partial charge < -0.3 is 9.47 Å². The number of rotatable bonds is 4. The first-order chi connectivity index (χ1) is 14.2. The molecular formula is C20H25N7OS. The average Bonchev–Trinajstić information content (AvgIpc) is 3.46. The van der Waals surface area contributed by atoms with Gasteiger partial charge in [0.2, 0.25) is 0 Å². The Kier molecular flexibility index (Phi) is 4.92. The Hall–Kier alpha value is -2.52. The van der Waals surface area contributed by atoms with Crippen LogP contribution >= 0.6 is 11.3 Å². The van der Waals surface area contributed by atoms with E-state index >= 15 is 0 Å². The molecule has 0 saturated carbocycles. The SMILES string of the molecule is CCn1nnn(CCN2CCC(=C3c4sccc4CCn4ccnc43)CC2)c1=O. The molecule has 0 spiro atoms. The van der Waals surface area contributed by atoms with Crippen LogP contribution < -0.4 is 5.69 Å². The van der Waals surface area contributed by atoms with Crippen LogP contribution in [0.3, 0.4) is 0 Å². The molecule has 3 aromatic rings. The fourth-order valence-electron chi connectivity index (χ4n) is 4.31. The van der Waals surface area contributed by atoms with E-state index < -0.39 is 0 Å². The molecule has 5 rings (SSSR count). The second-order valence-corrected chi connectivity index (χ2v) is 8.51. The molecule has 0 N–H and O–H groups in total. The molecule has 9 heteroatoms. The van der Waals surface area contributed by atoms with Gasteiger partial charge in [0.1, 0.15) is 5.82 Å². The number of piperidine rings is 1. The predicted octanol–water partition coefficient (Wildman–Crippen LogP) is 1.87. The van der Waals surface area contributed by atoms with Crippen molar-refractivity contribution in [1.82, 2.24) is 34.2 Å². The summed E-state index contributed by atoms with van der Waals surface area (Å²) in [5.41, 5.74) is 4.19. The third-order valence-corrected chi connectivity index (χ3v) is 6.95. The first-order valence-corrected chi connectivity index (χ1v) is 11.2. The summed E-state index contributed by atoms with van der Waals surface area (Å²) in [6.07, 6.45) is 7.16. The molecule has 29 heavy (non-hydrogen) atoms. The van der Waals surface area contributed by atoms with Crippen LogP contribution in [-0.4, -0.2) is 53.9 Å². The Bertz CT molecular complexity index is 1050. The number of nitrogens with zero attached hydrogens (tertiary/aromatic N) is 7. The van der Waals surface area contributed by atoms with E-state index in [1.54, 1.807) is 0 Å². The lowest BCUT2D eigenvalue weighted by Crippen LogP contribution is -2.36. The predicted molar refractivity (Wildman–Crippen MR) is 112 cm³/mol. The lowest BCUT2D eigenvalue weighted by molar-refractivity contribution is 0.241. The van der Waals surface area contributed by atoms with Crippen molar-refractivity contribution in [1.29, 1.82) is 0 Å². The quantitative estimate of drug-likeness (QED) is 0.655. The molecule has 3 aromatic heterocycles. The summed E-state index contributed by atoms with van der Waals surface area (Å²) in [5.74, 6) is 1.12. The highest BCUT2D eigenvalue weighted by atomic mass is 32.1. The van der Waals surface area contributed by atoms with Gasteiger partial charge in [0.15, 0.2) is 0 Å². The Morgan fingerprint density at radius 2 is 1.90 bits per heavy atom. The number of aryl methyl sites for hydroxylation is 3. The maximum absolute atomic E-state index is 12.1. The molecule has 0 aliphatic carbocycles. The topological polar surface area (TPSA) is 73.8 Å². The zero-order valence-corrected chi connectivity index (χ0v) is 17.4. The zero-order chi connectivity index (χ0) is 19.8. The first-order valence-electron chi connectivity index (χ1n) is 10.3. The van der Waals surface area contributed by atoms with E-state index in [4.69, 9.17) is 4.98 Å². The van der Waals surface area contributed by atoms with E-state index in [9.17, 15) is 4.79 Å². The number of hydrogen-bond donors (Lipinski definition) is 0. The third kappa shape index (κ3) is 3.38. The molecule has 5 heterocycles. The van der Waals surface area contributed by atoms with Gasteiger partial charge >= 0.3 is 5.69 Å². The van der Waals surface area contributed by atoms with Crippen LogP contribution in [0.4, 0.5) is 0 Å². The Balaban J connectivity index is 1.33. The third-order valence-electron chi connectivity index (χ3n) is 5.97. The minimum atomic E-state index is -0.122. The molecule has 0 amide bonds. The Morgan fingerprint density at radius 1 is 1.07 bits per heavy atom. The molecular weight excluding hydrogens is 386 g/mol. The molecule has 0 atom stereocenters. The number of thiophene rings is 1. The number of hydrogen-bond acceptors (Lipinski definition) is 6. The van der Waals surface area contributed by atoms with Crippen LogP contribution in [0.15, 0.2) is 34.2 Å².